The van der Waals surface area contributed by atoms with E-state index >= 15 is 0 Å². The molecule has 40 heavy (non-hydrogen) atoms. The van der Waals surface area contributed by atoms with Gasteiger partial charge in [0.1, 0.15) is 11.5 Å². The van der Waals surface area contributed by atoms with Gasteiger partial charge in [0.25, 0.3) is 0 Å². The molecule has 3 aromatic rings. The molecule has 1 aromatic carbocycles. The van der Waals surface area contributed by atoms with Crippen LogP contribution in [0.25, 0.3) is 10.9 Å². The molecule has 2 fully saturated rings. The second kappa shape index (κ2) is 13.7. The van der Waals surface area contributed by atoms with Gasteiger partial charge in [-0.25, -0.2) is 4.98 Å². The molecule has 1 aliphatic carbocycles. The summed E-state index contributed by atoms with van der Waals surface area (Å²) in [4.78, 5) is 9.66. The Balaban J connectivity index is 1.10. The fraction of sp³-hybridized carbons (Fsp3) is 0.677. The smallest absolute Gasteiger partial charge is 0.225 e. The molecule has 4 N–H and O–H groups in total. The standard InChI is InChI=1S/C31H49N9/c1-23-10-11-27-28(20-23)36-30(37-29(27)35-25-13-17-32-18-14-25)33-21-26-22-40(39-38-26)19-7-16-34-31(2,3)15-12-24-8-5-4-6-9-24/h10-11,20,22,24-25,32,34H,4-9,12-19,21H2,1-3H3,(H2,33,35,36,37). The third-order valence-corrected chi connectivity index (χ3v) is 8.62. The van der Waals surface area contributed by atoms with Crippen LogP contribution in [0.4, 0.5) is 11.8 Å². The highest BCUT2D eigenvalue weighted by atomic mass is 15.4. The zero-order valence-corrected chi connectivity index (χ0v) is 24.8. The number of rotatable bonds is 13. The number of anilines is 2. The van der Waals surface area contributed by atoms with Crippen LogP contribution < -0.4 is 21.3 Å². The van der Waals surface area contributed by atoms with E-state index in [1.807, 2.05) is 10.9 Å². The number of hydrogen-bond donors (Lipinski definition) is 4. The maximum atomic E-state index is 4.86. The Hall–Kier alpha value is -2.78. The number of benzene rings is 1. The molecule has 1 saturated heterocycles. The highest BCUT2D eigenvalue weighted by Crippen LogP contribution is 2.29. The number of piperidine rings is 1. The molecule has 218 valence electrons. The molecule has 0 radical (unpaired) electrons. The molecule has 3 heterocycles. The summed E-state index contributed by atoms with van der Waals surface area (Å²) in [6.07, 6.45) is 15.0. The van der Waals surface area contributed by atoms with Gasteiger partial charge in [0.15, 0.2) is 0 Å². The van der Waals surface area contributed by atoms with Crippen LogP contribution in [-0.4, -0.2) is 56.2 Å². The van der Waals surface area contributed by atoms with Gasteiger partial charge in [-0.1, -0.05) is 43.4 Å². The largest absolute Gasteiger partial charge is 0.367 e. The fourth-order valence-corrected chi connectivity index (χ4v) is 6.08. The first-order chi connectivity index (χ1) is 19.4. The van der Waals surface area contributed by atoms with Crippen LogP contribution in [0.5, 0.6) is 0 Å². The molecular formula is C31H49N9. The molecule has 9 heteroatoms. The third kappa shape index (κ3) is 8.36. The Morgan fingerprint density at radius 1 is 1.05 bits per heavy atom. The number of aromatic nitrogens is 5. The van der Waals surface area contributed by atoms with Crippen LogP contribution in [-0.2, 0) is 13.1 Å². The number of hydrogen-bond acceptors (Lipinski definition) is 8. The Morgan fingerprint density at radius 2 is 1.88 bits per heavy atom. The average molecular weight is 548 g/mol. The normalized spacial score (nSPS) is 17.4. The fourth-order valence-electron chi connectivity index (χ4n) is 6.08. The monoisotopic (exact) mass is 547 g/mol. The first-order valence-electron chi connectivity index (χ1n) is 15.6. The van der Waals surface area contributed by atoms with E-state index in [1.54, 1.807) is 0 Å². The molecular weight excluding hydrogens is 498 g/mol. The van der Waals surface area contributed by atoms with E-state index in [2.05, 4.69) is 70.5 Å². The van der Waals surface area contributed by atoms with Crippen molar-refractivity contribution >= 4 is 22.7 Å². The van der Waals surface area contributed by atoms with Gasteiger partial charge in [-0.2, -0.15) is 4.98 Å². The van der Waals surface area contributed by atoms with E-state index in [4.69, 9.17) is 9.97 Å². The van der Waals surface area contributed by atoms with Gasteiger partial charge >= 0.3 is 0 Å². The SMILES string of the molecule is Cc1ccc2c(NC3CCNCC3)nc(NCc3cn(CCCNC(C)(C)CCC4CCCCC4)nn3)nc2c1. The Morgan fingerprint density at radius 3 is 2.70 bits per heavy atom. The van der Waals surface area contributed by atoms with Crippen LogP contribution in [0.2, 0.25) is 0 Å². The van der Waals surface area contributed by atoms with Gasteiger partial charge < -0.3 is 21.3 Å². The summed E-state index contributed by atoms with van der Waals surface area (Å²) in [5.74, 6) is 2.46. The highest BCUT2D eigenvalue weighted by molar-refractivity contribution is 5.90. The minimum atomic E-state index is 0.189. The van der Waals surface area contributed by atoms with Crippen molar-refractivity contribution in [1.29, 1.82) is 0 Å². The van der Waals surface area contributed by atoms with Gasteiger partial charge in [-0.05, 0) is 96.1 Å². The first kappa shape index (κ1) is 28.7. The van der Waals surface area contributed by atoms with E-state index in [-0.39, 0.29) is 5.54 Å². The molecule has 0 spiro atoms. The van der Waals surface area contributed by atoms with Crippen LogP contribution in [0.1, 0.15) is 89.3 Å². The topological polar surface area (TPSA) is 105 Å². The van der Waals surface area contributed by atoms with Crippen molar-refractivity contribution < 1.29 is 0 Å². The number of nitrogens with one attached hydrogen (secondary N) is 4. The minimum absolute atomic E-state index is 0.189. The zero-order valence-electron chi connectivity index (χ0n) is 24.8. The zero-order chi connectivity index (χ0) is 27.8. The number of fused-ring (bicyclic) bond motifs is 1. The lowest BCUT2D eigenvalue weighted by Gasteiger charge is -2.30. The molecule has 0 atom stereocenters. The van der Waals surface area contributed by atoms with E-state index in [1.165, 1.54) is 50.5 Å². The molecule has 9 nitrogen and oxygen atoms in total. The first-order valence-corrected chi connectivity index (χ1v) is 15.6. The van der Waals surface area contributed by atoms with E-state index < -0.39 is 0 Å². The van der Waals surface area contributed by atoms with Crippen molar-refractivity contribution in [3.63, 3.8) is 0 Å². The molecule has 0 unspecified atom stereocenters. The summed E-state index contributed by atoms with van der Waals surface area (Å²) in [7, 11) is 0. The predicted molar refractivity (Wildman–Crippen MR) is 164 cm³/mol. The van der Waals surface area contributed by atoms with Crippen molar-refractivity contribution in [3.05, 3.63) is 35.7 Å². The Labute approximate surface area is 239 Å². The number of aryl methyl sites for hydroxylation is 2. The third-order valence-electron chi connectivity index (χ3n) is 8.62. The predicted octanol–water partition coefficient (Wildman–Crippen LogP) is 5.42. The molecule has 0 amide bonds. The summed E-state index contributed by atoms with van der Waals surface area (Å²) >= 11 is 0. The molecule has 2 aromatic heterocycles. The van der Waals surface area contributed by atoms with Crippen LogP contribution in [0, 0.1) is 12.8 Å². The molecule has 0 bridgehead atoms. The lowest BCUT2D eigenvalue weighted by Crippen LogP contribution is -2.40. The maximum absolute atomic E-state index is 4.86. The van der Waals surface area contributed by atoms with Gasteiger partial charge in [0.2, 0.25) is 5.95 Å². The molecule has 1 aliphatic heterocycles. The lowest BCUT2D eigenvalue weighted by atomic mass is 9.83. The summed E-state index contributed by atoms with van der Waals surface area (Å²) in [5.41, 5.74) is 3.22. The summed E-state index contributed by atoms with van der Waals surface area (Å²) in [5, 5.41) is 24.1. The van der Waals surface area contributed by atoms with Crippen molar-refractivity contribution in [2.75, 3.05) is 30.3 Å². The Bertz CT molecular complexity index is 1210. The van der Waals surface area contributed by atoms with Crippen molar-refractivity contribution in [1.82, 2.24) is 35.6 Å². The molecule has 2 aliphatic rings. The van der Waals surface area contributed by atoms with Gasteiger partial charge in [-0.15, -0.1) is 5.10 Å². The van der Waals surface area contributed by atoms with E-state index in [0.717, 1.165) is 73.8 Å². The van der Waals surface area contributed by atoms with Crippen molar-refractivity contribution in [2.45, 2.75) is 110 Å². The lowest BCUT2D eigenvalue weighted by molar-refractivity contribution is 0.275. The second-order valence-electron chi connectivity index (χ2n) is 12.6. The van der Waals surface area contributed by atoms with Crippen molar-refractivity contribution in [3.8, 4) is 0 Å². The summed E-state index contributed by atoms with van der Waals surface area (Å²) < 4.78 is 1.95. The van der Waals surface area contributed by atoms with E-state index in [9.17, 15) is 0 Å². The van der Waals surface area contributed by atoms with Crippen LogP contribution >= 0.6 is 0 Å². The summed E-state index contributed by atoms with van der Waals surface area (Å²) in [6.45, 7) is 11.2. The molecule has 1 saturated carbocycles. The number of nitrogens with zero attached hydrogens (tertiary/aromatic N) is 5. The minimum Gasteiger partial charge on any atom is -0.367 e. The van der Waals surface area contributed by atoms with Gasteiger partial charge in [0.05, 0.1) is 18.3 Å². The Kier molecular flexibility index (Phi) is 9.86. The average Bonchev–Trinajstić information content (AvgIpc) is 3.42. The van der Waals surface area contributed by atoms with Crippen LogP contribution in [0.3, 0.4) is 0 Å². The van der Waals surface area contributed by atoms with Crippen LogP contribution in [0.15, 0.2) is 24.4 Å². The van der Waals surface area contributed by atoms with E-state index in [0.29, 0.717) is 18.5 Å². The van der Waals surface area contributed by atoms with Gasteiger partial charge in [0, 0.05) is 23.5 Å². The van der Waals surface area contributed by atoms with Gasteiger partial charge in [-0.3, -0.25) is 4.68 Å². The van der Waals surface area contributed by atoms with Crippen molar-refractivity contribution in [2.24, 2.45) is 5.92 Å². The maximum Gasteiger partial charge on any atom is 0.225 e. The second-order valence-corrected chi connectivity index (χ2v) is 12.6. The quantitative estimate of drug-likeness (QED) is 0.210. The summed E-state index contributed by atoms with van der Waals surface area (Å²) in [6, 6.07) is 6.79. The highest BCUT2D eigenvalue weighted by Gasteiger charge is 2.21. The molecule has 5 rings (SSSR count).